The van der Waals surface area contributed by atoms with Crippen LogP contribution in [0.25, 0.3) is 11.2 Å². The third-order valence-electron chi connectivity index (χ3n) is 2.54. The second kappa shape index (κ2) is 7.72. The first-order chi connectivity index (χ1) is 10.8. The van der Waals surface area contributed by atoms with E-state index >= 15 is 0 Å². The summed E-state index contributed by atoms with van der Waals surface area (Å²) in [6.45, 7) is -2.30. The highest BCUT2D eigenvalue weighted by Gasteiger charge is 2.40. The third kappa shape index (κ3) is 4.74. The van der Waals surface area contributed by atoms with E-state index in [2.05, 4.69) is 15.0 Å². The molecular weight excluding hydrogens is 387 g/mol. The molecule has 0 aromatic carbocycles. The molecule has 2 aromatic heterocycles. The number of nitrogens with zero attached hydrogens (tertiary/aromatic N) is 4. The maximum atomic E-state index is 11.3. The van der Waals surface area contributed by atoms with Gasteiger partial charge in [-0.25, -0.2) is 19.5 Å². The van der Waals surface area contributed by atoms with Crippen LogP contribution in [0, 0.1) is 0 Å². The van der Waals surface area contributed by atoms with Crippen LogP contribution in [0.2, 0.25) is 0 Å². The summed E-state index contributed by atoms with van der Waals surface area (Å²) in [5.74, 6) is 0.213. The lowest BCUT2D eigenvalue weighted by molar-refractivity contribution is 0.130. The van der Waals surface area contributed by atoms with E-state index in [4.69, 9.17) is 20.3 Å². The molecule has 2 heterocycles. The van der Waals surface area contributed by atoms with Gasteiger partial charge in [0.15, 0.2) is 22.8 Å². The number of aromatic nitrogens is 4. The van der Waals surface area contributed by atoms with Crippen LogP contribution in [0.5, 0.6) is 0 Å². The van der Waals surface area contributed by atoms with Gasteiger partial charge in [0.05, 0.1) is 12.9 Å². The summed E-state index contributed by atoms with van der Waals surface area (Å²) in [4.78, 5) is 30.2. The molecule has 0 amide bonds. The van der Waals surface area contributed by atoms with E-state index in [1.165, 1.54) is 12.7 Å². The summed E-state index contributed by atoms with van der Waals surface area (Å²) < 4.78 is 39.6. The van der Waals surface area contributed by atoms with E-state index < -0.39 is 27.6 Å². The zero-order chi connectivity index (χ0) is 17.0. The first-order valence-electron chi connectivity index (χ1n) is 5.88. The van der Waals surface area contributed by atoms with Crippen LogP contribution in [0.4, 0.5) is 5.82 Å². The fourth-order valence-corrected chi connectivity index (χ4v) is 7.16. The molecule has 0 spiro atoms. The first kappa shape index (κ1) is 18.4. The summed E-state index contributed by atoms with van der Waals surface area (Å²) in [6, 6.07) is 0. The van der Waals surface area contributed by atoms with Crippen molar-refractivity contribution < 1.29 is 28.2 Å². The zero-order valence-corrected chi connectivity index (χ0v) is 14.8. The van der Waals surface area contributed by atoms with Crippen LogP contribution in [-0.4, -0.2) is 41.1 Å². The summed E-state index contributed by atoms with van der Waals surface area (Å²) in [7, 11) is -5.37. The highest BCUT2D eigenvalue weighted by atomic mass is 32.9. The Hall–Kier alpha value is -0.990. The van der Waals surface area contributed by atoms with Gasteiger partial charge < -0.3 is 24.8 Å². The van der Waals surface area contributed by atoms with Gasteiger partial charge in [0.1, 0.15) is 11.8 Å². The number of hydrogen-bond acceptors (Lipinski definition) is 9. The molecule has 11 nitrogen and oxygen atoms in total. The number of rotatable bonds is 8. The number of ether oxygens (including phenoxy) is 1. The van der Waals surface area contributed by atoms with Gasteiger partial charge in [-0.05, 0) is 4.57 Å². The van der Waals surface area contributed by atoms with Crippen molar-refractivity contribution in [3.63, 3.8) is 0 Å². The normalized spacial score (nSPS) is 14.3. The van der Waals surface area contributed by atoms with Crippen molar-refractivity contribution in [1.82, 2.24) is 19.5 Å². The monoisotopic (exact) mass is 398 g/mol. The molecule has 23 heavy (non-hydrogen) atoms. The Kier molecular flexibility index (Phi) is 6.16. The third-order valence-corrected chi connectivity index (χ3v) is 8.48. The van der Waals surface area contributed by atoms with Gasteiger partial charge >= 0.3 is 22.4 Å². The molecule has 0 aliphatic carbocycles. The molecule has 0 saturated carbocycles. The topological polar surface area (TPSA) is 171 Å². The highest BCUT2D eigenvalue weighted by Crippen LogP contribution is 2.60. The standard InChI is InChI=1S/C8H10N5O6P3S/c9-6-5-7(11-3-10-6)13(4-12-5)1-2-19-8(22(16,17)18)23-21(15)20-14/h3-4,8H,1-2H2,(H3-,9,10,11,16,17,18)/p+1. The molecule has 4 N–H and O–H groups in total. The Labute approximate surface area is 135 Å². The number of nitrogen functional groups attached to an aromatic ring is 1. The molecule has 2 unspecified atom stereocenters. The van der Waals surface area contributed by atoms with E-state index in [-0.39, 0.29) is 19.0 Å². The molecule has 0 aliphatic heterocycles. The van der Waals surface area contributed by atoms with Crippen molar-refractivity contribution in [3.8, 4) is 0 Å². The molecule has 0 radical (unpaired) electrons. The maximum absolute atomic E-state index is 11.3. The molecular formula is C8H11N5O6P3S+. The Morgan fingerprint density at radius 1 is 1.48 bits per heavy atom. The maximum Gasteiger partial charge on any atom is 0.512 e. The van der Waals surface area contributed by atoms with E-state index in [0.29, 0.717) is 22.5 Å². The van der Waals surface area contributed by atoms with Crippen LogP contribution in [0.15, 0.2) is 12.7 Å². The summed E-state index contributed by atoms with van der Waals surface area (Å²) in [6.07, 6.45) is 2.71. The molecule has 15 heteroatoms. The number of anilines is 1. The van der Waals surface area contributed by atoms with Crippen LogP contribution in [0.1, 0.15) is 0 Å². The number of imidazole rings is 1. The predicted octanol–water partition coefficient (Wildman–Crippen LogP) is 1.57. The average Bonchev–Trinajstić information content (AvgIpc) is 2.89. The van der Waals surface area contributed by atoms with Crippen molar-refractivity contribution >= 4 is 50.8 Å². The van der Waals surface area contributed by atoms with Crippen LogP contribution in [0.3, 0.4) is 0 Å². The highest BCUT2D eigenvalue weighted by molar-refractivity contribution is 8.69. The lowest BCUT2D eigenvalue weighted by Gasteiger charge is -2.13. The van der Waals surface area contributed by atoms with E-state index in [0.717, 1.165) is 0 Å². The molecule has 0 fully saturated rings. The fraction of sp³-hybridized carbons (Fsp3) is 0.375. The van der Waals surface area contributed by atoms with Crippen LogP contribution >= 0.6 is 33.8 Å². The van der Waals surface area contributed by atoms with Gasteiger partial charge in [0.2, 0.25) is 0 Å². The molecule has 2 atom stereocenters. The molecule has 2 rings (SSSR count). The Balaban J connectivity index is 2.04. The van der Waals surface area contributed by atoms with Crippen molar-refractivity contribution in [1.29, 1.82) is 0 Å². The average molecular weight is 398 g/mol. The molecule has 2 aromatic rings. The zero-order valence-electron chi connectivity index (χ0n) is 11.3. The largest absolute Gasteiger partial charge is 0.512 e. The molecule has 0 bridgehead atoms. The Morgan fingerprint density at radius 3 is 2.87 bits per heavy atom. The van der Waals surface area contributed by atoms with Gasteiger partial charge in [-0.1, -0.05) is 0 Å². The first-order valence-corrected chi connectivity index (χ1v) is 11.8. The summed E-state index contributed by atoms with van der Waals surface area (Å²) in [5.41, 5.74) is 6.50. The van der Waals surface area contributed by atoms with E-state index in [9.17, 15) is 13.7 Å². The lowest BCUT2D eigenvalue weighted by atomic mass is 10.5. The van der Waals surface area contributed by atoms with Crippen molar-refractivity contribution in [2.24, 2.45) is 0 Å². The van der Waals surface area contributed by atoms with Gasteiger partial charge in [0, 0.05) is 6.54 Å². The molecule has 124 valence electrons. The fourth-order valence-electron chi connectivity index (χ4n) is 1.60. The van der Waals surface area contributed by atoms with Gasteiger partial charge in [-0.2, -0.15) is 0 Å². The second-order valence-electron chi connectivity index (χ2n) is 4.06. The van der Waals surface area contributed by atoms with E-state index in [1.54, 1.807) is 4.57 Å². The van der Waals surface area contributed by atoms with Crippen LogP contribution < -0.4 is 5.73 Å². The minimum absolute atomic E-state index is 0.114. The quantitative estimate of drug-likeness (QED) is 0.435. The SMILES string of the molecule is Nc1ncnc2c1ncn2CCOC(S[P+](=O)P=O)P(=O)(O)O. The lowest BCUT2D eigenvalue weighted by Crippen LogP contribution is -2.13. The van der Waals surface area contributed by atoms with Crippen molar-refractivity contribution in [3.05, 3.63) is 12.7 Å². The smallest absolute Gasteiger partial charge is 0.382 e. The minimum atomic E-state index is -4.66. The summed E-state index contributed by atoms with van der Waals surface area (Å²) in [5, 5.41) is -1.66. The number of hydrogen-bond donors (Lipinski definition) is 3. The second-order valence-corrected chi connectivity index (χ2v) is 11.4. The van der Waals surface area contributed by atoms with E-state index in [1.807, 2.05) is 0 Å². The predicted molar refractivity (Wildman–Crippen MR) is 84.3 cm³/mol. The van der Waals surface area contributed by atoms with Crippen molar-refractivity contribution in [2.45, 2.75) is 11.7 Å². The van der Waals surface area contributed by atoms with Gasteiger partial charge in [-0.3, -0.25) is 4.57 Å². The number of nitrogens with two attached hydrogens (primary N) is 1. The Bertz CT molecular complexity index is 781. The number of fused-ring (bicyclic) bond motifs is 1. The van der Waals surface area contributed by atoms with Gasteiger partial charge in [-0.15, -0.1) is 0 Å². The minimum Gasteiger partial charge on any atom is -0.382 e. The Morgan fingerprint density at radius 2 is 2.22 bits per heavy atom. The van der Waals surface area contributed by atoms with Crippen molar-refractivity contribution in [2.75, 3.05) is 12.3 Å². The van der Waals surface area contributed by atoms with Gasteiger partial charge in [0.25, 0.3) is 5.18 Å². The molecule has 0 aliphatic rings. The van der Waals surface area contributed by atoms with Crippen LogP contribution in [-0.2, 0) is 25.0 Å². The summed E-state index contributed by atoms with van der Waals surface area (Å²) >= 11 is 0.323. The molecule has 0 saturated heterocycles.